The predicted molar refractivity (Wildman–Crippen MR) is 102 cm³/mol. The summed E-state index contributed by atoms with van der Waals surface area (Å²) in [6.07, 6.45) is 0.620. The molecule has 0 bridgehead atoms. The van der Waals surface area contributed by atoms with Gasteiger partial charge in [0.25, 0.3) is 0 Å². The van der Waals surface area contributed by atoms with E-state index in [-0.39, 0.29) is 16.7 Å². The highest BCUT2D eigenvalue weighted by Gasteiger charge is 2.18. The molecule has 0 aliphatic carbocycles. The Labute approximate surface area is 151 Å². The van der Waals surface area contributed by atoms with Gasteiger partial charge in [-0.3, -0.25) is 4.79 Å². The number of hydrogen-bond acceptors (Lipinski definition) is 4. The largest absolute Gasteiger partial charge is 0.295 e. The third-order valence-corrected chi connectivity index (χ3v) is 6.63. The van der Waals surface area contributed by atoms with Crippen molar-refractivity contribution in [3.8, 4) is 0 Å². The zero-order chi connectivity index (χ0) is 18.0. The molecule has 3 aromatic rings. The van der Waals surface area contributed by atoms with E-state index in [1.54, 1.807) is 11.3 Å². The number of rotatable bonds is 6. The first-order valence-corrected chi connectivity index (χ1v) is 10.3. The smallest absolute Gasteiger partial charge is 0.240 e. The highest BCUT2D eigenvalue weighted by molar-refractivity contribution is 7.89. The summed E-state index contributed by atoms with van der Waals surface area (Å²) in [5.74, 6) is -0.0883. The fourth-order valence-corrected chi connectivity index (χ4v) is 4.98. The Balaban J connectivity index is 1.75. The number of ketones is 1. The van der Waals surface area contributed by atoms with Crippen LogP contribution in [0.5, 0.6) is 0 Å². The molecule has 4 nitrogen and oxygen atoms in total. The van der Waals surface area contributed by atoms with E-state index in [2.05, 4.69) is 22.2 Å². The van der Waals surface area contributed by atoms with E-state index in [1.807, 2.05) is 19.1 Å². The first kappa shape index (κ1) is 17.8. The minimum absolute atomic E-state index is 0.0883. The molecule has 0 spiro atoms. The monoisotopic (exact) mass is 373 g/mol. The molecule has 3 rings (SSSR count). The molecule has 25 heavy (non-hydrogen) atoms. The van der Waals surface area contributed by atoms with Crippen molar-refractivity contribution in [2.24, 2.45) is 0 Å². The highest BCUT2D eigenvalue weighted by Crippen LogP contribution is 2.26. The Morgan fingerprint density at radius 2 is 1.80 bits per heavy atom. The number of sulfonamides is 1. The SMILES string of the molecule is CC(=O)c1ccc(S(=O)(=O)N[C@H](C)Cc2csc3ccccc23)cc1. The highest BCUT2D eigenvalue weighted by atomic mass is 32.2. The standard InChI is InChI=1S/C19H19NO3S2/c1-13(11-16-12-24-19-6-4-3-5-18(16)19)20-25(22,23)17-9-7-15(8-10-17)14(2)21/h3-10,12-13,20H,11H2,1-2H3/t13-/m1/s1. The normalized spacial score (nSPS) is 13.0. The lowest BCUT2D eigenvalue weighted by atomic mass is 10.1. The summed E-state index contributed by atoms with van der Waals surface area (Å²) < 4.78 is 29.0. The number of benzene rings is 2. The zero-order valence-corrected chi connectivity index (χ0v) is 15.7. The summed E-state index contributed by atoms with van der Waals surface area (Å²) in [5, 5.41) is 3.25. The number of thiophene rings is 1. The van der Waals surface area contributed by atoms with Crippen LogP contribution in [-0.4, -0.2) is 20.2 Å². The van der Waals surface area contributed by atoms with Gasteiger partial charge in [0.15, 0.2) is 5.78 Å². The molecule has 0 saturated carbocycles. The summed E-state index contributed by atoms with van der Waals surface area (Å²) in [5.41, 5.74) is 1.64. The first-order valence-electron chi connectivity index (χ1n) is 7.95. The second-order valence-corrected chi connectivity index (χ2v) is 8.69. The molecular formula is C19H19NO3S2. The molecular weight excluding hydrogens is 354 g/mol. The van der Waals surface area contributed by atoms with Crippen LogP contribution in [0.25, 0.3) is 10.1 Å². The van der Waals surface area contributed by atoms with Gasteiger partial charge in [-0.05, 0) is 54.8 Å². The predicted octanol–water partition coefficient (Wildman–Crippen LogP) is 4.01. The van der Waals surface area contributed by atoms with Crippen molar-refractivity contribution in [3.05, 3.63) is 65.0 Å². The Morgan fingerprint density at radius 3 is 2.48 bits per heavy atom. The average molecular weight is 373 g/mol. The second kappa shape index (κ2) is 7.07. The number of hydrogen-bond donors (Lipinski definition) is 1. The third-order valence-electron chi connectivity index (χ3n) is 4.01. The molecule has 0 fully saturated rings. The summed E-state index contributed by atoms with van der Waals surface area (Å²) >= 11 is 1.67. The molecule has 2 aromatic carbocycles. The van der Waals surface area contributed by atoms with E-state index in [9.17, 15) is 13.2 Å². The van der Waals surface area contributed by atoms with Crippen molar-refractivity contribution in [3.63, 3.8) is 0 Å². The summed E-state index contributed by atoms with van der Waals surface area (Å²) in [4.78, 5) is 11.5. The van der Waals surface area contributed by atoms with Gasteiger partial charge in [0.05, 0.1) is 4.90 Å². The Bertz CT molecular complexity index is 1000. The summed E-state index contributed by atoms with van der Waals surface area (Å²) in [6.45, 7) is 3.31. The summed E-state index contributed by atoms with van der Waals surface area (Å²) in [6, 6.07) is 13.9. The zero-order valence-electron chi connectivity index (χ0n) is 14.0. The van der Waals surface area contributed by atoms with Crippen LogP contribution in [0.2, 0.25) is 0 Å². The van der Waals surface area contributed by atoms with Gasteiger partial charge in [0, 0.05) is 16.3 Å². The van der Waals surface area contributed by atoms with Crippen molar-refractivity contribution in [2.45, 2.75) is 31.2 Å². The van der Waals surface area contributed by atoms with Crippen molar-refractivity contribution in [1.82, 2.24) is 4.72 Å². The third kappa shape index (κ3) is 3.98. The van der Waals surface area contributed by atoms with Crippen LogP contribution in [0.1, 0.15) is 29.8 Å². The van der Waals surface area contributed by atoms with E-state index in [0.29, 0.717) is 12.0 Å². The lowest BCUT2D eigenvalue weighted by Gasteiger charge is -2.14. The van der Waals surface area contributed by atoms with Crippen LogP contribution in [0.3, 0.4) is 0 Å². The fourth-order valence-electron chi connectivity index (χ4n) is 2.76. The topological polar surface area (TPSA) is 63.2 Å². The van der Waals surface area contributed by atoms with Crippen LogP contribution >= 0.6 is 11.3 Å². The van der Waals surface area contributed by atoms with Crippen LogP contribution in [0.15, 0.2) is 58.8 Å². The van der Waals surface area contributed by atoms with E-state index < -0.39 is 10.0 Å². The van der Waals surface area contributed by atoms with Crippen LogP contribution in [-0.2, 0) is 16.4 Å². The van der Waals surface area contributed by atoms with Gasteiger partial charge in [-0.1, -0.05) is 30.3 Å². The molecule has 1 N–H and O–H groups in total. The second-order valence-electron chi connectivity index (χ2n) is 6.06. The van der Waals surface area contributed by atoms with E-state index in [4.69, 9.17) is 0 Å². The molecule has 1 heterocycles. The van der Waals surface area contributed by atoms with Gasteiger partial charge in [0.1, 0.15) is 0 Å². The number of carbonyl (C=O) groups excluding carboxylic acids is 1. The van der Waals surface area contributed by atoms with Crippen LogP contribution < -0.4 is 4.72 Å². The average Bonchev–Trinajstić information content (AvgIpc) is 2.97. The lowest BCUT2D eigenvalue weighted by Crippen LogP contribution is -2.34. The Morgan fingerprint density at radius 1 is 1.12 bits per heavy atom. The maximum atomic E-state index is 12.5. The number of fused-ring (bicyclic) bond motifs is 1. The van der Waals surface area contributed by atoms with Gasteiger partial charge < -0.3 is 0 Å². The van der Waals surface area contributed by atoms with Gasteiger partial charge in [0.2, 0.25) is 10.0 Å². The Kier molecular flexibility index (Phi) is 5.03. The maximum absolute atomic E-state index is 12.5. The van der Waals surface area contributed by atoms with Gasteiger partial charge in [-0.25, -0.2) is 13.1 Å². The number of carbonyl (C=O) groups is 1. The van der Waals surface area contributed by atoms with Crippen LogP contribution in [0.4, 0.5) is 0 Å². The quantitative estimate of drug-likeness (QED) is 0.664. The van der Waals surface area contributed by atoms with E-state index >= 15 is 0 Å². The number of Topliss-reactive ketones (excluding diaryl/α,β-unsaturated/α-hetero) is 1. The number of nitrogens with one attached hydrogen (secondary N) is 1. The molecule has 0 saturated heterocycles. The van der Waals surface area contributed by atoms with Crippen LogP contribution in [0, 0.1) is 0 Å². The molecule has 0 unspecified atom stereocenters. The first-order chi connectivity index (χ1) is 11.9. The Hall–Kier alpha value is -2.02. The molecule has 0 aliphatic rings. The van der Waals surface area contributed by atoms with Crippen molar-refractivity contribution in [1.29, 1.82) is 0 Å². The molecule has 130 valence electrons. The molecule has 0 amide bonds. The molecule has 6 heteroatoms. The van der Waals surface area contributed by atoms with Gasteiger partial charge in [-0.2, -0.15) is 0 Å². The van der Waals surface area contributed by atoms with E-state index in [1.165, 1.54) is 41.3 Å². The van der Waals surface area contributed by atoms with Crippen molar-refractivity contribution in [2.75, 3.05) is 0 Å². The minimum Gasteiger partial charge on any atom is -0.295 e. The van der Waals surface area contributed by atoms with Crippen molar-refractivity contribution < 1.29 is 13.2 Å². The molecule has 0 radical (unpaired) electrons. The molecule has 1 aromatic heterocycles. The fraction of sp³-hybridized carbons (Fsp3) is 0.211. The van der Waals surface area contributed by atoms with Gasteiger partial charge >= 0.3 is 0 Å². The minimum atomic E-state index is -3.62. The lowest BCUT2D eigenvalue weighted by molar-refractivity contribution is 0.101. The van der Waals surface area contributed by atoms with E-state index in [0.717, 1.165) is 5.56 Å². The van der Waals surface area contributed by atoms with Gasteiger partial charge in [-0.15, -0.1) is 11.3 Å². The summed E-state index contributed by atoms with van der Waals surface area (Å²) in [7, 11) is -3.62. The maximum Gasteiger partial charge on any atom is 0.240 e. The van der Waals surface area contributed by atoms with Crippen molar-refractivity contribution >= 4 is 37.2 Å². The molecule has 0 aliphatic heterocycles. The molecule has 1 atom stereocenters.